The van der Waals surface area contributed by atoms with Gasteiger partial charge in [-0.1, -0.05) is 24.2 Å². The van der Waals surface area contributed by atoms with Crippen LogP contribution in [0.1, 0.15) is 32.6 Å². The maximum atomic E-state index is 11.9. The first-order valence-corrected chi connectivity index (χ1v) is 7.17. The van der Waals surface area contributed by atoms with Crippen molar-refractivity contribution < 1.29 is 9.59 Å². The van der Waals surface area contributed by atoms with Crippen molar-refractivity contribution >= 4 is 28.4 Å². The predicted molar refractivity (Wildman–Crippen MR) is 71.9 cm³/mol. The molecule has 3 N–H and O–H groups in total. The van der Waals surface area contributed by atoms with Crippen LogP contribution in [0.25, 0.3) is 0 Å². The fraction of sp³-hybridized carbons (Fsp3) is 0.636. The number of hydrogen-bond acceptors (Lipinski definition) is 5. The Balaban J connectivity index is 1.74. The summed E-state index contributed by atoms with van der Waals surface area (Å²) < 4.78 is 0. The van der Waals surface area contributed by atoms with Crippen molar-refractivity contribution in [1.29, 1.82) is 0 Å². The van der Waals surface area contributed by atoms with Crippen LogP contribution in [0.2, 0.25) is 0 Å². The minimum atomic E-state index is -0.575. The van der Waals surface area contributed by atoms with Crippen LogP contribution >= 0.6 is 11.3 Å². The summed E-state index contributed by atoms with van der Waals surface area (Å²) in [5.41, 5.74) is 1.52. The molecule has 0 unspecified atom stereocenters. The number of nitrogens with one attached hydrogen (secondary N) is 3. The van der Waals surface area contributed by atoms with Gasteiger partial charge in [-0.2, -0.15) is 0 Å². The highest BCUT2D eigenvalue weighted by molar-refractivity contribution is 7.13. The standard InChI is InChI=1S/C11H17N5O2S/c1-7(9(17)14-8-4-2-3-5-8)13-10(18)15-11-16-12-6-19-11/h6-8H,2-5H2,1H3,(H,14,17)(H2,13,15,16,18)/t7-/m0/s1. The zero-order valence-electron chi connectivity index (χ0n) is 10.7. The van der Waals surface area contributed by atoms with E-state index in [1.807, 2.05) is 0 Å². The third-order valence-corrected chi connectivity index (χ3v) is 3.63. The molecule has 19 heavy (non-hydrogen) atoms. The van der Waals surface area contributed by atoms with Crippen LogP contribution in [0.3, 0.4) is 0 Å². The highest BCUT2D eigenvalue weighted by Crippen LogP contribution is 2.17. The van der Waals surface area contributed by atoms with Gasteiger partial charge in [0.15, 0.2) is 0 Å². The lowest BCUT2D eigenvalue weighted by Crippen LogP contribution is -2.48. The fourth-order valence-electron chi connectivity index (χ4n) is 2.02. The van der Waals surface area contributed by atoms with Crippen molar-refractivity contribution in [3.05, 3.63) is 5.51 Å². The number of carbonyl (C=O) groups is 2. The fourth-order valence-corrected chi connectivity index (χ4v) is 2.46. The topological polar surface area (TPSA) is 96.0 Å². The number of amides is 3. The summed E-state index contributed by atoms with van der Waals surface area (Å²) in [6.45, 7) is 1.66. The van der Waals surface area contributed by atoms with Gasteiger partial charge in [0.2, 0.25) is 11.0 Å². The first-order chi connectivity index (χ1) is 9.15. The predicted octanol–water partition coefficient (Wildman–Crippen LogP) is 1.11. The smallest absolute Gasteiger partial charge is 0.321 e. The van der Waals surface area contributed by atoms with Gasteiger partial charge in [-0.25, -0.2) is 4.79 Å². The van der Waals surface area contributed by atoms with Crippen LogP contribution < -0.4 is 16.0 Å². The van der Waals surface area contributed by atoms with E-state index in [0.717, 1.165) is 25.7 Å². The maximum absolute atomic E-state index is 11.9. The summed E-state index contributed by atoms with van der Waals surface area (Å²) >= 11 is 1.22. The number of nitrogens with zero attached hydrogens (tertiary/aromatic N) is 2. The summed E-state index contributed by atoms with van der Waals surface area (Å²) in [5, 5.41) is 15.7. The average Bonchev–Trinajstić information content (AvgIpc) is 3.01. The zero-order chi connectivity index (χ0) is 13.7. The number of anilines is 1. The molecular formula is C11H17N5O2S. The Bertz CT molecular complexity index is 430. The van der Waals surface area contributed by atoms with Gasteiger partial charge in [-0.15, -0.1) is 10.2 Å². The van der Waals surface area contributed by atoms with Crippen molar-refractivity contribution in [2.24, 2.45) is 0 Å². The van der Waals surface area contributed by atoms with Gasteiger partial charge in [0.1, 0.15) is 11.6 Å². The number of hydrogen-bond donors (Lipinski definition) is 3. The van der Waals surface area contributed by atoms with Crippen LogP contribution in [0.5, 0.6) is 0 Å². The van der Waals surface area contributed by atoms with Gasteiger partial charge in [-0.05, 0) is 19.8 Å². The Labute approximate surface area is 115 Å². The van der Waals surface area contributed by atoms with Crippen LogP contribution in [-0.2, 0) is 4.79 Å². The Morgan fingerprint density at radius 3 is 2.79 bits per heavy atom. The maximum Gasteiger partial charge on any atom is 0.321 e. The average molecular weight is 283 g/mol. The van der Waals surface area contributed by atoms with Crippen LogP contribution in [-0.4, -0.2) is 34.2 Å². The van der Waals surface area contributed by atoms with E-state index >= 15 is 0 Å². The molecule has 0 radical (unpaired) electrons. The molecule has 1 saturated carbocycles. The van der Waals surface area contributed by atoms with Gasteiger partial charge in [0.05, 0.1) is 0 Å². The van der Waals surface area contributed by atoms with E-state index in [1.54, 1.807) is 6.92 Å². The summed E-state index contributed by atoms with van der Waals surface area (Å²) in [6.07, 6.45) is 4.36. The minimum absolute atomic E-state index is 0.153. The van der Waals surface area contributed by atoms with E-state index in [0.29, 0.717) is 5.13 Å². The molecule has 1 aliphatic carbocycles. The Morgan fingerprint density at radius 1 is 1.42 bits per heavy atom. The molecule has 8 heteroatoms. The van der Waals surface area contributed by atoms with E-state index in [1.165, 1.54) is 16.8 Å². The highest BCUT2D eigenvalue weighted by atomic mass is 32.1. The number of urea groups is 1. The van der Waals surface area contributed by atoms with E-state index in [-0.39, 0.29) is 11.9 Å². The second-order valence-corrected chi connectivity index (χ2v) is 5.39. The summed E-state index contributed by atoms with van der Waals surface area (Å²) in [6, 6.07) is -0.776. The molecule has 1 aromatic heterocycles. The third-order valence-electron chi connectivity index (χ3n) is 3.02. The van der Waals surface area contributed by atoms with Gasteiger partial charge in [-0.3, -0.25) is 10.1 Å². The van der Waals surface area contributed by atoms with Crippen LogP contribution in [0.15, 0.2) is 5.51 Å². The normalized spacial score (nSPS) is 16.9. The first-order valence-electron chi connectivity index (χ1n) is 6.29. The molecule has 1 aliphatic rings. The second-order valence-electron chi connectivity index (χ2n) is 4.55. The third kappa shape index (κ3) is 4.16. The first kappa shape index (κ1) is 13.7. The zero-order valence-corrected chi connectivity index (χ0v) is 11.5. The molecule has 7 nitrogen and oxygen atoms in total. The van der Waals surface area contributed by atoms with Crippen molar-refractivity contribution in [3.8, 4) is 0 Å². The molecule has 1 heterocycles. The summed E-state index contributed by atoms with van der Waals surface area (Å²) in [5.74, 6) is -0.153. The van der Waals surface area contributed by atoms with Gasteiger partial charge >= 0.3 is 6.03 Å². The molecule has 0 aliphatic heterocycles. The molecule has 0 saturated heterocycles. The number of aromatic nitrogens is 2. The molecule has 1 fully saturated rings. The Hall–Kier alpha value is -1.70. The van der Waals surface area contributed by atoms with Crippen molar-refractivity contribution in [1.82, 2.24) is 20.8 Å². The lowest BCUT2D eigenvalue weighted by atomic mass is 10.2. The Kier molecular flexibility index (Phi) is 4.67. The Morgan fingerprint density at radius 2 is 2.16 bits per heavy atom. The summed E-state index contributed by atoms with van der Waals surface area (Å²) in [4.78, 5) is 23.5. The van der Waals surface area contributed by atoms with Gasteiger partial charge in [0, 0.05) is 6.04 Å². The molecule has 104 valence electrons. The molecule has 2 rings (SSSR count). The molecular weight excluding hydrogens is 266 g/mol. The monoisotopic (exact) mass is 283 g/mol. The van der Waals surface area contributed by atoms with E-state index in [4.69, 9.17) is 0 Å². The molecule has 0 aromatic carbocycles. The summed E-state index contributed by atoms with van der Waals surface area (Å²) in [7, 11) is 0. The molecule has 1 aromatic rings. The van der Waals surface area contributed by atoms with Crippen LogP contribution in [0, 0.1) is 0 Å². The quantitative estimate of drug-likeness (QED) is 0.771. The number of carbonyl (C=O) groups excluding carboxylic acids is 2. The van der Waals surface area contributed by atoms with E-state index in [9.17, 15) is 9.59 Å². The molecule has 0 spiro atoms. The van der Waals surface area contributed by atoms with Crippen LogP contribution in [0.4, 0.5) is 9.93 Å². The lowest BCUT2D eigenvalue weighted by Gasteiger charge is -2.17. The highest BCUT2D eigenvalue weighted by Gasteiger charge is 2.21. The second kappa shape index (κ2) is 6.46. The molecule has 0 bridgehead atoms. The lowest BCUT2D eigenvalue weighted by molar-refractivity contribution is -0.123. The largest absolute Gasteiger partial charge is 0.352 e. The van der Waals surface area contributed by atoms with Crippen molar-refractivity contribution in [3.63, 3.8) is 0 Å². The molecule has 1 atom stereocenters. The van der Waals surface area contributed by atoms with Gasteiger partial charge in [0.25, 0.3) is 0 Å². The molecule has 3 amide bonds. The SMILES string of the molecule is C[C@H](NC(=O)Nc1nncs1)C(=O)NC1CCCC1. The van der Waals surface area contributed by atoms with Crippen molar-refractivity contribution in [2.45, 2.75) is 44.7 Å². The van der Waals surface area contributed by atoms with Gasteiger partial charge < -0.3 is 10.6 Å². The van der Waals surface area contributed by atoms with Crippen molar-refractivity contribution in [2.75, 3.05) is 5.32 Å². The van der Waals surface area contributed by atoms with E-state index in [2.05, 4.69) is 26.1 Å². The minimum Gasteiger partial charge on any atom is -0.352 e. The van der Waals surface area contributed by atoms with E-state index < -0.39 is 12.1 Å². The number of rotatable bonds is 4.